The SMILES string of the molecule is NC(=O)Cn1c(CN2CCC(C(=O)Nc3ccc4c(c3)OCO4)CC2)nc2ccccc2c1=O. The van der Waals surface area contributed by atoms with Crippen molar-refractivity contribution in [1.82, 2.24) is 14.5 Å². The molecule has 0 radical (unpaired) electrons. The summed E-state index contributed by atoms with van der Waals surface area (Å²) in [5.74, 6) is 1.03. The van der Waals surface area contributed by atoms with E-state index in [4.69, 9.17) is 15.2 Å². The van der Waals surface area contributed by atoms with Crippen LogP contribution in [0.4, 0.5) is 5.69 Å². The summed E-state index contributed by atoms with van der Waals surface area (Å²) in [5, 5.41) is 3.41. The van der Waals surface area contributed by atoms with E-state index in [0.717, 1.165) is 0 Å². The third-order valence-electron chi connectivity index (χ3n) is 6.22. The topological polar surface area (TPSA) is 129 Å². The van der Waals surface area contributed by atoms with Crippen LogP contribution in [0.5, 0.6) is 11.5 Å². The van der Waals surface area contributed by atoms with E-state index in [1.807, 2.05) is 6.07 Å². The second kappa shape index (κ2) is 9.14. The van der Waals surface area contributed by atoms with E-state index < -0.39 is 5.91 Å². The first-order valence-electron chi connectivity index (χ1n) is 11.2. The monoisotopic (exact) mass is 463 g/mol. The van der Waals surface area contributed by atoms with Crippen LogP contribution in [0.1, 0.15) is 18.7 Å². The van der Waals surface area contributed by atoms with E-state index in [1.54, 1.807) is 36.4 Å². The number of carbonyl (C=O) groups excluding carboxylic acids is 2. The molecule has 2 amide bonds. The number of carbonyl (C=O) groups is 2. The van der Waals surface area contributed by atoms with Crippen LogP contribution in [0.25, 0.3) is 10.9 Å². The number of amides is 2. The molecule has 0 saturated carbocycles. The summed E-state index contributed by atoms with van der Waals surface area (Å²) in [4.78, 5) is 44.1. The molecular weight excluding hydrogens is 438 g/mol. The van der Waals surface area contributed by atoms with Gasteiger partial charge in [0.2, 0.25) is 18.6 Å². The predicted molar refractivity (Wildman–Crippen MR) is 124 cm³/mol. The highest BCUT2D eigenvalue weighted by atomic mass is 16.7. The average Bonchev–Trinajstić information content (AvgIpc) is 3.30. The molecule has 10 heteroatoms. The fourth-order valence-corrected chi connectivity index (χ4v) is 4.43. The number of nitrogens with zero attached hydrogens (tertiary/aromatic N) is 3. The largest absolute Gasteiger partial charge is 0.454 e. The molecule has 10 nitrogen and oxygen atoms in total. The second-order valence-corrected chi connectivity index (χ2v) is 8.51. The number of benzene rings is 2. The Labute approximate surface area is 195 Å². The third-order valence-corrected chi connectivity index (χ3v) is 6.22. The maximum Gasteiger partial charge on any atom is 0.261 e. The number of aromatic nitrogens is 2. The molecule has 0 unspecified atom stereocenters. The van der Waals surface area contributed by atoms with Crippen LogP contribution in [0.15, 0.2) is 47.3 Å². The van der Waals surface area contributed by atoms with Crippen molar-refractivity contribution < 1.29 is 19.1 Å². The number of para-hydroxylation sites is 1. The number of ether oxygens (including phenoxy) is 2. The molecule has 2 aliphatic rings. The minimum Gasteiger partial charge on any atom is -0.454 e. The van der Waals surface area contributed by atoms with Gasteiger partial charge in [-0.05, 0) is 50.2 Å². The maximum absolute atomic E-state index is 12.9. The normalized spacial score (nSPS) is 16.0. The fraction of sp³-hybridized carbons (Fsp3) is 0.333. The summed E-state index contributed by atoms with van der Waals surface area (Å²) < 4.78 is 12.0. The van der Waals surface area contributed by atoms with Crippen LogP contribution in [-0.4, -0.2) is 46.1 Å². The van der Waals surface area contributed by atoms with Crippen LogP contribution < -0.4 is 26.1 Å². The zero-order chi connectivity index (χ0) is 23.7. The van der Waals surface area contributed by atoms with Gasteiger partial charge in [0.15, 0.2) is 11.5 Å². The van der Waals surface area contributed by atoms with Crippen LogP contribution >= 0.6 is 0 Å². The lowest BCUT2D eigenvalue weighted by Gasteiger charge is -2.31. The van der Waals surface area contributed by atoms with E-state index in [9.17, 15) is 14.4 Å². The van der Waals surface area contributed by atoms with Gasteiger partial charge < -0.3 is 20.5 Å². The summed E-state index contributed by atoms with van der Waals surface area (Å²) >= 11 is 0. The lowest BCUT2D eigenvalue weighted by atomic mass is 9.95. The minimum absolute atomic E-state index is 0.0343. The van der Waals surface area contributed by atoms with E-state index in [2.05, 4.69) is 15.2 Å². The maximum atomic E-state index is 12.9. The number of rotatable bonds is 6. The molecule has 3 N–H and O–H groups in total. The predicted octanol–water partition coefficient (Wildman–Crippen LogP) is 1.46. The Morgan fingerprint density at radius 3 is 2.65 bits per heavy atom. The number of primary amides is 1. The molecule has 0 aliphatic carbocycles. The van der Waals surface area contributed by atoms with Crippen molar-refractivity contribution in [1.29, 1.82) is 0 Å². The summed E-state index contributed by atoms with van der Waals surface area (Å²) in [6.07, 6.45) is 1.34. The Hall–Kier alpha value is -3.92. The first kappa shape index (κ1) is 21.9. The van der Waals surface area contributed by atoms with Gasteiger partial charge in [0.1, 0.15) is 12.4 Å². The van der Waals surface area contributed by atoms with Gasteiger partial charge in [-0.15, -0.1) is 0 Å². The van der Waals surface area contributed by atoms with E-state index in [1.165, 1.54) is 4.57 Å². The van der Waals surface area contributed by atoms with Crippen molar-refractivity contribution in [3.63, 3.8) is 0 Å². The molecular formula is C24H25N5O5. The number of hydrogen-bond acceptors (Lipinski definition) is 7. The van der Waals surface area contributed by atoms with Crippen molar-refractivity contribution in [2.75, 3.05) is 25.2 Å². The zero-order valence-electron chi connectivity index (χ0n) is 18.5. The Morgan fingerprint density at radius 2 is 1.85 bits per heavy atom. The van der Waals surface area contributed by atoms with Crippen LogP contribution in [-0.2, 0) is 22.7 Å². The molecule has 3 aromatic rings. The molecule has 0 spiro atoms. The molecule has 0 atom stereocenters. The van der Waals surface area contributed by atoms with Crippen LogP contribution in [0.3, 0.4) is 0 Å². The highest BCUT2D eigenvalue weighted by Gasteiger charge is 2.27. The Balaban J connectivity index is 1.25. The van der Waals surface area contributed by atoms with Gasteiger partial charge in [0.05, 0.1) is 17.4 Å². The van der Waals surface area contributed by atoms with E-state index in [-0.39, 0.29) is 30.7 Å². The number of nitrogens with two attached hydrogens (primary N) is 1. The first-order valence-corrected chi connectivity index (χ1v) is 11.2. The lowest BCUT2D eigenvalue weighted by molar-refractivity contribution is -0.121. The van der Waals surface area contributed by atoms with Crippen molar-refractivity contribution in [2.24, 2.45) is 11.7 Å². The Bertz CT molecular complexity index is 1310. The van der Waals surface area contributed by atoms with Crippen molar-refractivity contribution in [3.8, 4) is 11.5 Å². The van der Waals surface area contributed by atoms with Crippen molar-refractivity contribution in [2.45, 2.75) is 25.9 Å². The van der Waals surface area contributed by atoms with E-state index >= 15 is 0 Å². The summed E-state index contributed by atoms with van der Waals surface area (Å²) in [5.41, 5.74) is 6.36. The molecule has 1 fully saturated rings. The number of hydrogen-bond donors (Lipinski definition) is 2. The smallest absolute Gasteiger partial charge is 0.261 e. The quantitative estimate of drug-likeness (QED) is 0.566. The number of anilines is 1. The first-order chi connectivity index (χ1) is 16.5. The molecule has 176 valence electrons. The summed E-state index contributed by atoms with van der Waals surface area (Å²) in [7, 11) is 0. The van der Waals surface area contributed by atoms with Crippen LogP contribution in [0, 0.1) is 5.92 Å². The highest BCUT2D eigenvalue weighted by molar-refractivity contribution is 5.93. The second-order valence-electron chi connectivity index (χ2n) is 8.51. The number of likely N-dealkylation sites (tertiary alicyclic amines) is 1. The molecule has 34 heavy (non-hydrogen) atoms. The van der Waals surface area contributed by atoms with Crippen LogP contribution in [0.2, 0.25) is 0 Å². The zero-order valence-corrected chi connectivity index (χ0v) is 18.5. The van der Waals surface area contributed by atoms with Gasteiger partial charge >= 0.3 is 0 Å². The molecule has 1 aromatic heterocycles. The van der Waals surface area contributed by atoms with E-state index in [0.29, 0.717) is 66.4 Å². The van der Waals surface area contributed by atoms with Gasteiger partial charge in [-0.25, -0.2) is 4.98 Å². The number of nitrogens with one attached hydrogen (secondary N) is 1. The third kappa shape index (κ3) is 4.44. The Kier molecular flexibility index (Phi) is 5.89. The van der Waals surface area contributed by atoms with Crippen molar-refractivity contribution >= 4 is 28.4 Å². The lowest BCUT2D eigenvalue weighted by Crippen LogP contribution is -2.40. The number of piperidine rings is 1. The van der Waals surface area contributed by atoms with Crippen molar-refractivity contribution in [3.05, 3.63) is 58.6 Å². The fourth-order valence-electron chi connectivity index (χ4n) is 4.43. The summed E-state index contributed by atoms with van der Waals surface area (Å²) in [6, 6.07) is 12.4. The molecule has 1 saturated heterocycles. The molecule has 0 bridgehead atoms. The van der Waals surface area contributed by atoms with Gasteiger partial charge in [0.25, 0.3) is 5.56 Å². The average molecular weight is 463 g/mol. The number of fused-ring (bicyclic) bond motifs is 2. The minimum atomic E-state index is -0.598. The highest BCUT2D eigenvalue weighted by Crippen LogP contribution is 2.34. The Morgan fingerprint density at radius 1 is 1.09 bits per heavy atom. The van der Waals surface area contributed by atoms with Gasteiger partial charge in [0, 0.05) is 17.7 Å². The van der Waals surface area contributed by atoms with Gasteiger partial charge in [-0.3, -0.25) is 23.9 Å². The molecule has 5 rings (SSSR count). The molecule has 3 heterocycles. The molecule has 2 aromatic carbocycles. The van der Waals surface area contributed by atoms with Gasteiger partial charge in [-0.2, -0.15) is 0 Å². The van der Waals surface area contributed by atoms with Gasteiger partial charge in [-0.1, -0.05) is 12.1 Å². The molecule has 2 aliphatic heterocycles. The standard InChI is InChI=1S/C24H25N5O5/c25-21(30)12-29-22(27-18-4-2-1-3-17(18)24(29)32)13-28-9-7-15(8-10-28)23(31)26-16-5-6-19-20(11-16)34-14-33-19/h1-6,11,15H,7-10,12-14H2,(H2,25,30)(H,26,31). The summed E-state index contributed by atoms with van der Waals surface area (Å²) in [6.45, 7) is 1.69.